The van der Waals surface area contributed by atoms with Gasteiger partial charge in [0.2, 0.25) is 0 Å². The molecule has 1 aromatic heterocycles. The number of hydrogen-bond acceptors (Lipinski definition) is 2. The number of rotatable bonds is 2. The zero-order valence-electron chi connectivity index (χ0n) is 12.9. The van der Waals surface area contributed by atoms with Crippen LogP contribution in [0.25, 0.3) is 0 Å². The highest BCUT2D eigenvalue weighted by atomic mass is 15.2. The van der Waals surface area contributed by atoms with Crippen LogP contribution in [0.5, 0.6) is 0 Å². The Balaban J connectivity index is 1.64. The fraction of sp³-hybridized carbons (Fsp3) is 0.647. The Bertz CT molecular complexity index is 502. The topological polar surface area (TPSA) is 54.5 Å². The number of nitrogens with zero attached hydrogens (tertiary/aromatic N) is 3. The summed E-state index contributed by atoms with van der Waals surface area (Å²) in [6.45, 7) is 2.70. The summed E-state index contributed by atoms with van der Waals surface area (Å²) in [6.07, 6.45) is 9.96. The van der Waals surface area contributed by atoms with Crippen molar-refractivity contribution in [3.05, 3.63) is 29.1 Å². The van der Waals surface area contributed by atoms with Gasteiger partial charge in [-0.05, 0) is 50.2 Å². The minimum atomic E-state index is 0.607. The minimum absolute atomic E-state index is 0.607. The highest BCUT2D eigenvalue weighted by Gasteiger charge is 2.12. The molecule has 0 saturated carbocycles. The Morgan fingerprint density at radius 3 is 2.62 bits per heavy atom. The third-order valence-electron chi connectivity index (χ3n) is 4.57. The van der Waals surface area contributed by atoms with Gasteiger partial charge in [0.25, 0.3) is 0 Å². The molecule has 0 unspecified atom stereocenters. The molecule has 1 saturated heterocycles. The number of aryl methyl sites for hydroxylation is 2. The summed E-state index contributed by atoms with van der Waals surface area (Å²) in [5, 5.41) is 0. The van der Waals surface area contributed by atoms with Crippen molar-refractivity contribution < 1.29 is 0 Å². The summed E-state index contributed by atoms with van der Waals surface area (Å²) in [5.41, 5.74) is 9.91. The SMILES string of the molecule is NC(=NCc1ccc2c(n1)CCCC2)N1CCCCCC1. The summed E-state index contributed by atoms with van der Waals surface area (Å²) in [6, 6.07) is 4.35. The zero-order valence-corrected chi connectivity index (χ0v) is 12.9. The van der Waals surface area contributed by atoms with Crippen molar-refractivity contribution in [2.24, 2.45) is 10.7 Å². The molecule has 4 nitrogen and oxygen atoms in total. The van der Waals surface area contributed by atoms with Gasteiger partial charge in [0.1, 0.15) is 0 Å². The third-order valence-corrected chi connectivity index (χ3v) is 4.57. The van der Waals surface area contributed by atoms with E-state index in [-0.39, 0.29) is 0 Å². The highest BCUT2D eigenvalue weighted by molar-refractivity contribution is 5.78. The maximum absolute atomic E-state index is 6.15. The van der Waals surface area contributed by atoms with Crippen molar-refractivity contribution in [3.63, 3.8) is 0 Å². The third kappa shape index (κ3) is 3.74. The first-order valence-electron chi connectivity index (χ1n) is 8.35. The van der Waals surface area contributed by atoms with Crippen LogP contribution in [0.3, 0.4) is 0 Å². The van der Waals surface area contributed by atoms with Gasteiger partial charge in [-0.25, -0.2) is 4.99 Å². The van der Waals surface area contributed by atoms with Crippen molar-refractivity contribution in [1.82, 2.24) is 9.88 Å². The normalized spacial score (nSPS) is 20.0. The Morgan fingerprint density at radius 1 is 1.05 bits per heavy atom. The summed E-state index contributed by atoms with van der Waals surface area (Å²) >= 11 is 0. The number of hydrogen-bond donors (Lipinski definition) is 1. The largest absolute Gasteiger partial charge is 0.370 e. The molecule has 21 heavy (non-hydrogen) atoms. The van der Waals surface area contributed by atoms with Crippen LogP contribution < -0.4 is 5.73 Å². The van der Waals surface area contributed by atoms with Gasteiger partial charge in [-0.1, -0.05) is 18.9 Å². The Kier molecular flexibility index (Phi) is 4.73. The Labute approximate surface area is 127 Å². The lowest BCUT2D eigenvalue weighted by Gasteiger charge is -2.21. The maximum Gasteiger partial charge on any atom is 0.191 e. The fourth-order valence-electron chi connectivity index (χ4n) is 3.28. The van der Waals surface area contributed by atoms with Gasteiger partial charge in [0.05, 0.1) is 12.2 Å². The maximum atomic E-state index is 6.15. The monoisotopic (exact) mass is 286 g/mol. The molecule has 0 atom stereocenters. The second-order valence-electron chi connectivity index (χ2n) is 6.19. The lowest BCUT2D eigenvalue weighted by atomic mass is 9.96. The van der Waals surface area contributed by atoms with Crippen molar-refractivity contribution in [1.29, 1.82) is 0 Å². The van der Waals surface area contributed by atoms with Gasteiger partial charge < -0.3 is 10.6 Å². The second-order valence-corrected chi connectivity index (χ2v) is 6.19. The lowest BCUT2D eigenvalue weighted by Crippen LogP contribution is -2.38. The summed E-state index contributed by atoms with van der Waals surface area (Å²) in [7, 11) is 0. The molecule has 3 rings (SSSR count). The van der Waals surface area contributed by atoms with Gasteiger partial charge >= 0.3 is 0 Å². The number of nitrogens with two attached hydrogens (primary N) is 1. The van der Waals surface area contributed by atoms with E-state index in [0.717, 1.165) is 25.2 Å². The summed E-state index contributed by atoms with van der Waals surface area (Å²) in [5.74, 6) is 0.691. The number of guanidine groups is 1. The molecule has 2 N–H and O–H groups in total. The second kappa shape index (κ2) is 6.92. The van der Waals surface area contributed by atoms with Crippen molar-refractivity contribution in [2.75, 3.05) is 13.1 Å². The molecular weight excluding hydrogens is 260 g/mol. The molecule has 0 bridgehead atoms. The molecular formula is C17H26N4. The molecule has 114 valence electrons. The molecule has 2 aliphatic rings. The van der Waals surface area contributed by atoms with E-state index < -0.39 is 0 Å². The molecule has 1 aliphatic carbocycles. The standard InChI is InChI=1S/C17H26N4/c18-17(21-11-5-1-2-6-12-21)19-13-15-10-9-14-7-3-4-8-16(14)20-15/h9-10H,1-8,11-13H2,(H2,18,19). The minimum Gasteiger partial charge on any atom is -0.370 e. The smallest absolute Gasteiger partial charge is 0.191 e. The molecule has 1 fully saturated rings. The average molecular weight is 286 g/mol. The van der Waals surface area contributed by atoms with Crippen LogP contribution in [0.1, 0.15) is 55.5 Å². The van der Waals surface area contributed by atoms with Crippen LogP contribution in [-0.2, 0) is 19.4 Å². The zero-order chi connectivity index (χ0) is 14.5. The van der Waals surface area contributed by atoms with E-state index in [1.165, 1.54) is 56.2 Å². The number of likely N-dealkylation sites (tertiary alicyclic amines) is 1. The number of aliphatic imine (C=N–C) groups is 1. The average Bonchev–Trinajstić information content (AvgIpc) is 2.81. The number of fused-ring (bicyclic) bond motifs is 1. The molecule has 0 spiro atoms. The summed E-state index contributed by atoms with van der Waals surface area (Å²) < 4.78 is 0. The van der Waals surface area contributed by atoms with E-state index >= 15 is 0 Å². The number of aromatic nitrogens is 1. The lowest BCUT2D eigenvalue weighted by molar-refractivity contribution is 0.428. The quantitative estimate of drug-likeness (QED) is 0.671. The van der Waals surface area contributed by atoms with Crippen molar-refractivity contribution in [2.45, 2.75) is 57.9 Å². The van der Waals surface area contributed by atoms with Crippen LogP contribution >= 0.6 is 0 Å². The van der Waals surface area contributed by atoms with E-state index in [2.05, 4.69) is 22.0 Å². The highest BCUT2D eigenvalue weighted by Crippen LogP contribution is 2.19. The van der Waals surface area contributed by atoms with E-state index in [1.54, 1.807) is 0 Å². The van der Waals surface area contributed by atoms with E-state index in [9.17, 15) is 0 Å². The number of pyridine rings is 1. The van der Waals surface area contributed by atoms with Crippen LogP contribution in [0.15, 0.2) is 17.1 Å². The first-order valence-corrected chi connectivity index (χ1v) is 8.35. The molecule has 1 aliphatic heterocycles. The molecule has 0 radical (unpaired) electrons. The summed E-state index contributed by atoms with van der Waals surface area (Å²) in [4.78, 5) is 11.6. The van der Waals surface area contributed by atoms with Crippen molar-refractivity contribution >= 4 is 5.96 Å². The van der Waals surface area contributed by atoms with Crippen LogP contribution in [0, 0.1) is 0 Å². The molecule has 0 aromatic carbocycles. The first kappa shape index (κ1) is 14.4. The first-order chi connectivity index (χ1) is 10.3. The van der Waals surface area contributed by atoms with Gasteiger partial charge in [0.15, 0.2) is 5.96 Å². The van der Waals surface area contributed by atoms with Crippen LogP contribution in [-0.4, -0.2) is 28.9 Å². The molecule has 2 heterocycles. The van der Waals surface area contributed by atoms with Gasteiger partial charge in [-0.3, -0.25) is 4.98 Å². The predicted molar refractivity (Wildman–Crippen MR) is 86.2 cm³/mol. The van der Waals surface area contributed by atoms with Crippen LogP contribution in [0.2, 0.25) is 0 Å². The fourth-order valence-corrected chi connectivity index (χ4v) is 3.28. The van der Waals surface area contributed by atoms with Gasteiger partial charge in [-0.2, -0.15) is 0 Å². The Morgan fingerprint density at radius 2 is 1.81 bits per heavy atom. The Hall–Kier alpha value is -1.58. The van der Waals surface area contributed by atoms with E-state index in [1.807, 2.05) is 0 Å². The van der Waals surface area contributed by atoms with Crippen LogP contribution in [0.4, 0.5) is 0 Å². The van der Waals surface area contributed by atoms with Crippen molar-refractivity contribution in [3.8, 4) is 0 Å². The molecule has 4 heteroatoms. The predicted octanol–water partition coefficient (Wildman–Crippen LogP) is 2.65. The van der Waals surface area contributed by atoms with Gasteiger partial charge in [0, 0.05) is 18.8 Å². The molecule has 0 amide bonds. The van der Waals surface area contributed by atoms with E-state index in [0.29, 0.717) is 12.5 Å². The van der Waals surface area contributed by atoms with Gasteiger partial charge in [-0.15, -0.1) is 0 Å². The van der Waals surface area contributed by atoms with E-state index in [4.69, 9.17) is 10.7 Å². The molecule has 1 aromatic rings.